The number of fused-ring (bicyclic) bond motifs is 1. The molecule has 3 rings (SSSR count). The van der Waals surface area contributed by atoms with E-state index in [1.54, 1.807) is 13.2 Å². The minimum atomic E-state index is -0.277. The van der Waals surface area contributed by atoms with Gasteiger partial charge in [-0.25, -0.2) is 0 Å². The second-order valence-corrected chi connectivity index (χ2v) is 6.28. The number of amides is 2. The summed E-state index contributed by atoms with van der Waals surface area (Å²) in [4.78, 5) is 24.5. The molecule has 0 aromatic heterocycles. The largest absolute Gasteiger partial charge is 0.496 e. The first-order chi connectivity index (χ1) is 13.1. The third-order valence-electron chi connectivity index (χ3n) is 4.40. The first-order valence-electron chi connectivity index (χ1n) is 8.78. The number of carbonyl (C=O) groups is 2. The first kappa shape index (κ1) is 18.5. The van der Waals surface area contributed by atoms with Crippen molar-refractivity contribution in [2.45, 2.75) is 13.0 Å². The number of nitrogens with one attached hydrogen (secondary N) is 2. The van der Waals surface area contributed by atoms with Crippen LogP contribution in [0.4, 0.5) is 0 Å². The molecule has 0 heterocycles. The molecule has 2 amide bonds. The molecule has 27 heavy (non-hydrogen) atoms. The zero-order valence-electron chi connectivity index (χ0n) is 15.4. The maximum Gasteiger partial charge on any atom is 0.251 e. The monoisotopic (exact) mass is 362 g/mol. The number of hydrogen-bond acceptors (Lipinski definition) is 3. The molecule has 0 unspecified atom stereocenters. The minimum absolute atomic E-state index is 0.0921. The van der Waals surface area contributed by atoms with Gasteiger partial charge in [0.1, 0.15) is 5.75 Å². The van der Waals surface area contributed by atoms with E-state index in [1.165, 1.54) is 0 Å². The van der Waals surface area contributed by atoms with Gasteiger partial charge in [0, 0.05) is 11.1 Å². The van der Waals surface area contributed by atoms with E-state index < -0.39 is 0 Å². The molecule has 0 bridgehead atoms. The van der Waals surface area contributed by atoms with Gasteiger partial charge in [0.15, 0.2) is 0 Å². The van der Waals surface area contributed by atoms with Gasteiger partial charge in [0.2, 0.25) is 5.91 Å². The molecule has 0 aliphatic heterocycles. The van der Waals surface area contributed by atoms with Gasteiger partial charge in [-0.05, 0) is 35.9 Å². The van der Waals surface area contributed by atoms with Crippen LogP contribution in [0.3, 0.4) is 0 Å². The van der Waals surface area contributed by atoms with Crippen LogP contribution in [0.25, 0.3) is 10.8 Å². The van der Waals surface area contributed by atoms with E-state index in [4.69, 9.17) is 4.74 Å². The highest BCUT2D eigenvalue weighted by atomic mass is 16.5. The standard InChI is InChI=1S/C22H22N2O3/c1-15(19-9-5-6-10-20(19)27-2)24-21(25)14-23-22(26)18-12-11-16-7-3-4-8-17(16)13-18/h3-13,15H,14H2,1-2H3,(H,23,26)(H,24,25)/t15-/m0/s1. The fraction of sp³-hybridized carbons (Fsp3) is 0.182. The Morgan fingerprint density at radius 3 is 2.44 bits per heavy atom. The van der Waals surface area contributed by atoms with Gasteiger partial charge >= 0.3 is 0 Å². The van der Waals surface area contributed by atoms with Crippen LogP contribution in [0.5, 0.6) is 5.75 Å². The Labute approximate surface area is 158 Å². The van der Waals surface area contributed by atoms with E-state index >= 15 is 0 Å². The zero-order chi connectivity index (χ0) is 19.2. The molecule has 0 spiro atoms. The first-order valence-corrected chi connectivity index (χ1v) is 8.78. The summed E-state index contributed by atoms with van der Waals surface area (Å²) in [5, 5.41) is 7.59. The molecule has 0 saturated carbocycles. The second kappa shape index (κ2) is 8.36. The summed E-state index contributed by atoms with van der Waals surface area (Å²) in [7, 11) is 1.59. The molecule has 0 saturated heterocycles. The van der Waals surface area contributed by atoms with Gasteiger partial charge in [-0.3, -0.25) is 9.59 Å². The number of carbonyl (C=O) groups excluding carboxylic acids is 2. The molecule has 138 valence electrons. The third-order valence-corrected chi connectivity index (χ3v) is 4.40. The highest BCUT2D eigenvalue weighted by Crippen LogP contribution is 2.24. The molecular weight excluding hydrogens is 340 g/mol. The zero-order valence-corrected chi connectivity index (χ0v) is 15.4. The highest BCUT2D eigenvalue weighted by molar-refractivity contribution is 6.00. The van der Waals surface area contributed by atoms with Crippen molar-refractivity contribution in [2.24, 2.45) is 0 Å². The van der Waals surface area contributed by atoms with Crippen LogP contribution in [-0.2, 0) is 4.79 Å². The van der Waals surface area contributed by atoms with Crippen molar-refractivity contribution in [3.8, 4) is 5.75 Å². The average Bonchev–Trinajstić information content (AvgIpc) is 2.71. The Bertz CT molecular complexity index is 968. The Morgan fingerprint density at radius 2 is 1.67 bits per heavy atom. The SMILES string of the molecule is COc1ccccc1[C@H](C)NC(=O)CNC(=O)c1ccc2ccccc2c1. The molecular formula is C22H22N2O3. The van der Waals surface area contributed by atoms with Crippen LogP contribution >= 0.6 is 0 Å². The maximum absolute atomic E-state index is 12.3. The highest BCUT2D eigenvalue weighted by Gasteiger charge is 2.14. The third kappa shape index (κ3) is 4.44. The normalized spacial score (nSPS) is 11.6. The Hall–Kier alpha value is -3.34. The van der Waals surface area contributed by atoms with Crippen molar-refractivity contribution in [2.75, 3.05) is 13.7 Å². The Kier molecular flexibility index (Phi) is 5.71. The molecule has 5 heteroatoms. The number of ether oxygens (including phenoxy) is 1. The lowest BCUT2D eigenvalue weighted by Crippen LogP contribution is -2.38. The summed E-state index contributed by atoms with van der Waals surface area (Å²) in [5.74, 6) is 0.175. The second-order valence-electron chi connectivity index (χ2n) is 6.28. The van der Waals surface area contributed by atoms with Gasteiger partial charge in [-0.15, -0.1) is 0 Å². The van der Waals surface area contributed by atoms with Gasteiger partial charge < -0.3 is 15.4 Å². The lowest BCUT2D eigenvalue weighted by atomic mass is 10.1. The fourth-order valence-corrected chi connectivity index (χ4v) is 2.99. The van der Waals surface area contributed by atoms with E-state index in [9.17, 15) is 9.59 Å². The van der Waals surface area contributed by atoms with Crippen LogP contribution in [0.2, 0.25) is 0 Å². The molecule has 0 aliphatic carbocycles. The van der Waals surface area contributed by atoms with Crippen LogP contribution in [0.15, 0.2) is 66.7 Å². The number of para-hydroxylation sites is 1. The molecule has 3 aromatic carbocycles. The summed E-state index contributed by atoms with van der Waals surface area (Å²) in [6, 6.07) is 20.6. The van der Waals surface area contributed by atoms with Gasteiger partial charge in [-0.2, -0.15) is 0 Å². The van der Waals surface area contributed by atoms with Gasteiger partial charge in [-0.1, -0.05) is 48.5 Å². The maximum atomic E-state index is 12.3. The van der Waals surface area contributed by atoms with E-state index in [0.29, 0.717) is 11.3 Å². The van der Waals surface area contributed by atoms with Crippen LogP contribution in [0.1, 0.15) is 28.9 Å². The number of methoxy groups -OCH3 is 1. The summed E-state index contributed by atoms with van der Waals surface area (Å²) in [5.41, 5.74) is 1.41. The smallest absolute Gasteiger partial charge is 0.251 e. The lowest BCUT2D eigenvalue weighted by molar-refractivity contribution is -0.120. The molecule has 1 atom stereocenters. The quantitative estimate of drug-likeness (QED) is 0.706. The molecule has 0 aliphatic rings. The van der Waals surface area contributed by atoms with Crippen LogP contribution < -0.4 is 15.4 Å². The molecule has 0 fully saturated rings. The van der Waals surface area contributed by atoms with Crippen molar-refractivity contribution < 1.29 is 14.3 Å². The Morgan fingerprint density at radius 1 is 0.963 bits per heavy atom. The van der Waals surface area contributed by atoms with Crippen molar-refractivity contribution in [3.05, 3.63) is 77.9 Å². The van der Waals surface area contributed by atoms with Gasteiger partial charge in [0.05, 0.1) is 19.7 Å². The van der Waals surface area contributed by atoms with E-state index in [-0.39, 0.29) is 24.4 Å². The minimum Gasteiger partial charge on any atom is -0.496 e. The van der Waals surface area contributed by atoms with E-state index in [0.717, 1.165) is 16.3 Å². The van der Waals surface area contributed by atoms with E-state index in [2.05, 4.69) is 10.6 Å². The van der Waals surface area contributed by atoms with Crippen molar-refractivity contribution in [1.29, 1.82) is 0 Å². The van der Waals surface area contributed by atoms with Crippen molar-refractivity contribution in [1.82, 2.24) is 10.6 Å². The van der Waals surface area contributed by atoms with E-state index in [1.807, 2.05) is 67.6 Å². The van der Waals surface area contributed by atoms with Crippen LogP contribution in [0, 0.1) is 0 Å². The number of hydrogen-bond donors (Lipinski definition) is 2. The predicted molar refractivity (Wildman–Crippen MR) is 106 cm³/mol. The topological polar surface area (TPSA) is 67.4 Å². The van der Waals surface area contributed by atoms with Gasteiger partial charge in [0.25, 0.3) is 5.91 Å². The lowest BCUT2D eigenvalue weighted by Gasteiger charge is -2.17. The number of rotatable bonds is 6. The average molecular weight is 362 g/mol. The Balaban J connectivity index is 1.58. The van der Waals surface area contributed by atoms with Crippen LogP contribution in [-0.4, -0.2) is 25.5 Å². The summed E-state index contributed by atoms with van der Waals surface area (Å²) in [6.45, 7) is 1.78. The predicted octanol–water partition coefficient (Wildman–Crippen LogP) is 3.46. The van der Waals surface area contributed by atoms with Crippen molar-refractivity contribution in [3.63, 3.8) is 0 Å². The molecule has 2 N–H and O–H groups in total. The molecule has 5 nitrogen and oxygen atoms in total. The molecule has 0 radical (unpaired) electrons. The fourth-order valence-electron chi connectivity index (χ4n) is 2.99. The number of benzene rings is 3. The summed E-state index contributed by atoms with van der Waals surface area (Å²) < 4.78 is 5.32. The molecule has 3 aromatic rings. The summed E-state index contributed by atoms with van der Waals surface area (Å²) in [6.07, 6.45) is 0. The summed E-state index contributed by atoms with van der Waals surface area (Å²) >= 11 is 0. The van der Waals surface area contributed by atoms with Crippen molar-refractivity contribution >= 4 is 22.6 Å².